The van der Waals surface area contributed by atoms with Crippen LogP contribution in [0.5, 0.6) is 0 Å². The Labute approximate surface area is 59.0 Å². The van der Waals surface area contributed by atoms with E-state index in [4.69, 9.17) is 5.21 Å². The van der Waals surface area contributed by atoms with Gasteiger partial charge in [-0.05, 0) is 19.1 Å². The second-order valence-corrected chi connectivity index (χ2v) is 1.98. The summed E-state index contributed by atoms with van der Waals surface area (Å²) < 4.78 is 0. The maximum absolute atomic E-state index is 8.13. The first kappa shape index (κ1) is 6.74. The number of rotatable bonds is 1. The largest absolute Gasteiger partial charge is 0.411 e. The first-order chi connectivity index (χ1) is 4.83. The molecule has 1 aromatic rings. The Morgan fingerprint density at radius 2 is 2.40 bits per heavy atom. The summed E-state index contributed by atoms with van der Waals surface area (Å²) in [7, 11) is 0. The predicted octanol–water partition coefficient (Wildman–Crippen LogP) is 1.20. The van der Waals surface area contributed by atoms with E-state index in [-0.39, 0.29) is 0 Å². The topological polar surface area (TPSA) is 45.5 Å². The molecule has 0 saturated carbocycles. The molecule has 0 fully saturated rings. The van der Waals surface area contributed by atoms with Crippen LogP contribution >= 0.6 is 0 Å². The third-order valence-electron chi connectivity index (χ3n) is 1.14. The van der Waals surface area contributed by atoms with Gasteiger partial charge in [-0.2, -0.15) is 0 Å². The lowest BCUT2D eigenvalue weighted by Crippen LogP contribution is -1.84. The average Bonchev–Trinajstić information content (AvgIpc) is 1.95. The molecule has 0 radical (unpaired) electrons. The zero-order chi connectivity index (χ0) is 7.40. The van der Waals surface area contributed by atoms with E-state index in [1.165, 1.54) is 6.21 Å². The second-order valence-electron chi connectivity index (χ2n) is 1.98. The van der Waals surface area contributed by atoms with E-state index in [1.807, 2.05) is 19.1 Å². The minimum Gasteiger partial charge on any atom is -0.411 e. The monoisotopic (exact) mass is 136 g/mol. The van der Waals surface area contributed by atoms with Crippen LogP contribution in [-0.4, -0.2) is 16.4 Å². The molecule has 1 N–H and O–H groups in total. The van der Waals surface area contributed by atoms with E-state index in [9.17, 15) is 0 Å². The number of hydrogen-bond donors (Lipinski definition) is 1. The van der Waals surface area contributed by atoms with E-state index in [0.717, 1.165) is 11.3 Å². The highest BCUT2D eigenvalue weighted by Gasteiger charge is 1.86. The molecule has 0 amide bonds. The molecule has 0 saturated heterocycles. The van der Waals surface area contributed by atoms with Crippen molar-refractivity contribution in [1.82, 2.24) is 4.98 Å². The standard InChI is InChI=1S/C7H8N2O/c1-6-2-3-7(4-8-6)5-9-10/h2-5,10H,1H3/b9-5+. The molecule has 52 valence electrons. The number of aromatic nitrogens is 1. The third-order valence-corrected chi connectivity index (χ3v) is 1.14. The summed E-state index contributed by atoms with van der Waals surface area (Å²) >= 11 is 0. The molecule has 0 unspecified atom stereocenters. The lowest BCUT2D eigenvalue weighted by Gasteiger charge is -1.90. The van der Waals surface area contributed by atoms with Crippen LogP contribution in [0.15, 0.2) is 23.5 Å². The van der Waals surface area contributed by atoms with Crippen molar-refractivity contribution in [1.29, 1.82) is 0 Å². The highest BCUT2D eigenvalue weighted by molar-refractivity contribution is 5.78. The molecular formula is C7H8N2O. The summed E-state index contributed by atoms with van der Waals surface area (Å²) in [4.78, 5) is 4.00. The normalized spacial score (nSPS) is 10.5. The molecule has 0 bridgehead atoms. The van der Waals surface area contributed by atoms with Crippen molar-refractivity contribution in [2.45, 2.75) is 6.92 Å². The second kappa shape index (κ2) is 2.96. The van der Waals surface area contributed by atoms with Crippen molar-refractivity contribution < 1.29 is 5.21 Å². The Morgan fingerprint density at radius 1 is 1.60 bits per heavy atom. The summed E-state index contributed by atoms with van der Waals surface area (Å²) in [6.07, 6.45) is 2.99. The van der Waals surface area contributed by atoms with Crippen LogP contribution in [0, 0.1) is 6.92 Å². The molecule has 0 aromatic carbocycles. The highest BCUT2D eigenvalue weighted by Crippen LogP contribution is 1.94. The summed E-state index contributed by atoms with van der Waals surface area (Å²) in [6.45, 7) is 1.90. The summed E-state index contributed by atoms with van der Waals surface area (Å²) in [5.74, 6) is 0. The van der Waals surface area contributed by atoms with Gasteiger partial charge in [0.05, 0.1) is 6.21 Å². The molecule has 1 rings (SSSR count). The van der Waals surface area contributed by atoms with Gasteiger partial charge in [0, 0.05) is 17.5 Å². The fourth-order valence-electron chi connectivity index (χ4n) is 0.622. The van der Waals surface area contributed by atoms with Gasteiger partial charge in [0.1, 0.15) is 0 Å². The Kier molecular flexibility index (Phi) is 1.99. The summed E-state index contributed by atoms with van der Waals surface area (Å²) in [6, 6.07) is 3.69. The number of hydrogen-bond acceptors (Lipinski definition) is 3. The fraction of sp³-hybridized carbons (Fsp3) is 0.143. The maximum atomic E-state index is 8.13. The van der Waals surface area contributed by atoms with Gasteiger partial charge < -0.3 is 5.21 Å². The Balaban J connectivity index is 2.89. The summed E-state index contributed by atoms with van der Waals surface area (Å²) in [5.41, 5.74) is 1.75. The van der Waals surface area contributed by atoms with Crippen molar-refractivity contribution in [2.24, 2.45) is 5.16 Å². The minimum atomic E-state index is 0.799. The lowest BCUT2D eigenvalue weighted by atomic mass is 10.3. The van der Waals surface area contributed by atoms with Crippen LogP contribution in [0.1, 0.15) is 11.3 Å². The quantitative estimate of drug-likeness (QED) is 0.358. The zero-order valence-corrected chi connectivity index (χ0v) is 5.65. The first-order valence-corrected chi connectivity index (χ1v) is 2.93. The van der Waals surface area contributed by atoms with Crippen molar-refractivity contribution in [3.8, 4) is 0 Å². The molecule has 3 nitrogen and oxygen atoms in total. The average molecular weight is 136 g/mol. The first-order valence-electron chi connectivity index (χ1n) is 2.93. The molecule has 0 aliphatic heterocycles. The molecule has 0 atom stereocenters. The highest BCUT2D eigenvalue weighted by atomic mass is 16.4. The third kappa shape index (κ3) is 1.55. The van der Waals surface area contributed by atoms with Crippen LogP contribution in [-0.2, 0) is 0 Å². The van der Waals surface area contributed by atoms with E-state index in [1.54, 1.807) is 6.20 Å². The van der Waals surface area contributed by atoms with Gasteiger partial charge in [-0.3, -0.25) is 4.98 Å². The Bertz CT molecular complexity index is 228. The van der Waals surface area contributed by atoms with E-state index >= 15 is 0 Å². The van der Waals surface area contributed by atoms with Gasteiger partial charge >= 0.3 is 0 Å². The number of pyridine rings is 1. The maximum Gasteiger partial charge on any atom is 0.0749 e. The van der Waals surface area contributed by atoms with Gasteiger partial charge in [0.2, 0.25) is 0 Å². The molecule has 0 spiro atoms. The molecule has 3 heteroatoms. The molecule has 1 heterocycles. The zero-order valence-electron chi connectivity index (χ0n) is 5.65. The number of nitrogens with zero attached hydrogens (tertiary/aromatic N) is 2. The van der Waals surface area contributed by atoms with Gasteiger partial charge in [-0.1, -0.05) is 5.16 Å². The molecule has 10 heavy (non-hydrogen) atoms. The molecule has 0 aliphatic rings. The van der Waals surface area contributed by atoms with Gasteiger partial charge in [-0.25, -0.2) is 0 Å². The van der Waals surface area contributed by atoms with Gasteiger partial charge in [0.15, 0.2) is 0 Å². The summed E-state index contributed by atoms with van der Waals surface area (Å²) in [5, 5.41) is 11.0. The lowest BCUT2D eigenvalue weighted by molar-refractivity contribution is 0.322. The molecular weight excluding hydrogens is 128 g/mol. The van der Waals surface area contributed by atoms with E-state index < -0.39 is 0 Å². The van der Waals surface area contributed by atoms with E-state index in [0.29, 0.717) is 0 Å². The van der Waals surface area contributed by atoms with Crippen LogP contribution in [0.2, 0.25) is 0 Å². The van der Waals surface area contributed by atoms with E-state index in [2.05, 4.69) is 10.1 Å². The predicted molar refractivity (Wildman–Crippen MR) is 38.4 cm³/mol. The van der Waals surface area contributed by atoms with Crippen LogP contribution < -0.4 is 0 Å². The number of oxime groups is 1. The van der Waals surface area contributed by atoms with Crippen molar-refractivity contribution in [2.75, 3.05) is 0 Å². The van der Waals surface area contributed by atoms with Gasteiger partial charge in [-0.15, -0.1) is 0 Å². The van der Waals surface area contributed by atoms with Crippen LogP contribution in [0.4, 0.5) is 0 Å². The van der Waals surface area contributed by atoms with Crippen molar-refractivity contribution in [3.05, 3.63) is 29.6 Å². The Hall–Kier alpha value is -1.38. The Morgan fingerprint density at radius 3 is 2.90 bits per heavy atom. The van der Waals surface area contributed by atoms with Gasteiger partial charge in [0.25, 0.3) is 0 Å². The molecule has 0 aliphatic carbocycles. The number of aryl methyl sites for hydroxylation is 1. The SMILES string of the molecule is Cc1ccc(/C=N/O)cn1. The van der Waals surface area contributed by atoms with Crippen molar-refractivity contribution >= 4 is 6.21 Å². The fourth-order valence-corrected chi connectivity index (χ4v) is 0.622. The minimum absolute atomic E-state index is 0.799. The smallest absolute Gasteiger partial charge is 0.0749 e. The van der Waals surface area contributed by atoms with Crippen LogP contribution in [0.25, 0.3) is 0 Å². The molecule has 1 aromatic heterocycles. The van der Waals surface area contributed by atoms with Crippen LogP contribution in [0.3, 0.4) is 0 Å². The van der Waals surface area contributed by atoms with Crippen molar-refractivity contribution in [3.63, 3.8) is 0 Å².